The van der Waals surface area contributed by atoms with E-state index in [0.29, 0.717) is 0 Å². The number of hydrogen-bond donors (Lipinski definition) is 1. The molecule has 2 rings (SSSR count). The van der Waals surface area contributed by atoms with Crippen LogP contribution in [-0.4, -0.2) is 24.5 Å². The van der Waals surface area contributed by atoms with E-state index in [1.165, 1.54) is 0 Å². The molecule has 1 heterocycles. The molecule has 0 amide bonds. The molecular weight excluding hydrogens is 236 g/mol. The van der Waals surface area contributed by atoms with Crippen molar-refractivity contribution in [1.29, 1.82) is 0 Å². The molecule has 0 radical (unpaired) electrons. The number of nitrogens with zero attached hydrogens (tertiary/aromatic N) is 1. The molecule has 0 saturated carbocycles. The summed E-state index contributed by atoms with van der Waals surface area (Å²) in [6, 6.07) is 10.0. The fourth-order valence-electron chi connectivity index (χ4n) is 3.02. The second-order valence-corrected chi connectivity index (χ2v) is 5.37. The van der Waals surface area contributed by atoms with Gasteiger partial charge < -0.3 is 15.1 Å². The third-order valence-electron chi connectivity index (χ3n) is 4.45. The van der Waals surface area contributed by atoms with Gasteiger partial charge in [-0.1, -0.05) is 32.0 Å². The minimum atomic E-state index is -0.120. The third-order valence-corrected chi connectivity index (χ3v) is 4.45. The summed E-state index contributed by atoms with van der Waals surface area (Å²) >= 11 is 0. The van der Waals surface area contributed by atoms with E-state index in [2.05, 4.69) is 45.0 Å². The summed E-state index contributed by atoms with van der Waals surface area (Å²) in [6.07, 6.45) is 1.99. The van der Waals surface area contributed by atoms with Crippen molar-refractivity contribution in [3.63, 3.8) is 0 Å². The van der Waals surface area contributed by atoms with E-state index in [-0.39, 0.29) is 11.6 Å². The van der Waals surface area contributed by atoms with E-state index < -0.39 is 0 Å². The smallest absolute Gasteiger partial charge is 0.134 e. The largest absolute Gasteiger partial charge is 0.459 e. The van der Waals surface area contributed by atoms with Gasteiger partial charge in [0.2, 0.25) is 0 Å². The van der Waals surface area contributed by atoms with Gasteiger partial charge in [-0.25, -0.2) is 0 Å². The Bertz CT molecular complexity index is 507. The van der Waals surface area contributed by atoms with Gasteiger partial charge in [-0.3, -0.25) is 0 Å². The number of rotatable bonds is 5. The number of benzene rings is 1. The fraction of sp³-hybridized carbons (Fsp3) is 0.500. The van der Waals surface area contributed by atoms with Gasteiger partial charge in [0.1, 0.15) is 11.3 Å². The van der Waals surface area contributed by atoms with Crippen LogP contribution in [-0.2, 0) is 0 Å². The van der Waals surface area contributed by atoms with Crippen molar-refractivity contribution in [2.24, 2.45) is 5.73 Å². The molecule has 0 saturated heterocycles. The van der Waals surface area contributed by atoms with Crippen LogP contribution in [0.25, 0.3) is 11.0 Å². The molecule has 2 N–H and O–H groups in total. The van der Waals surface area contributed by atoms with E-state index in [9.17, 15) is 0 Å². The number of para-hydroxylation sites is 1. The van der Waals surface area contributed by atoms with Crippen LogP contribution in [0.15, 0.2) is 34.7 Å². The standard InChI is InChI=1S/C16H24N2O/c1-5-16(6-2,18(3)4)15(17)14-11-12-9-7-8-10-13(12)19-14/h7-11,15H,5-6,17H2,1-4H3. The molecule has 1 aromatic carbocycles. The predicted molar refractivity (Wildman–Crippen MR) is 80.1 cm³/mol. The van der Waals surface area contributed by atoms with E-state index in [4.69, 9.17) is 10.2 Å². The fourth-order valence-corrected chi connectivity index (χ4v) is 3.02. The average molecular weight is 260 g/mol. The van der Waals surface area contributed by atoms with Crippen molar-refractivity contribution in [2.75, 3.05) is 14.1 Å². The summed E-state index contributed by atoms with van der Waals surface area (Å²) in [6.45, 7) is 4.37. The molecule has 19 heavy (non-hydrogen) atoms. The zero-order valence-electron chi connectivity index (χ0n) is 12.3. The Kier molecular flexibility index (Phi) is 3.97. The van der Waals surface area contributed by atoms with Gasteiger partial charge in [0.25, 0.3) is 0 Å². The maximum absolute atomic E-state index is 6.52. The second kappa shape index (κ2) is 5.35. The molecule has 3 nitrogen and oxygen atoms in total. The highest BCUT2D eigenvalue weighted by Gasteiger charge is 2.38. The molecule has 0 aliphatic carbocycles. The topological polar surface area (TPSA) is 42.4 Å². The first kappa shape index (κ1) is 14.1. The van der Waals surface area contributed by atoms with Crippen molar-refractivity contribution < 1.29 is 4.42 Å². The van der Waals surface area contributed by atoms with Crippen molar-refractivity contribution in [1.82, 2.24) is 4.90 Å². The van der Waals surface area contributed by atoms with Gasteiger partial charge in [-0.15, -0.1) is 0 Å². The van der Waals surface area contributed by atoms with E-state index in [1.807, 2.05) is 18.2 Å². The number of fused-ring (bicyclic) bond motifs is 1. The first-order chi connectivity index (χ1) is 9.05. The summed E-state index contributed by atoms with van der Waals surface area (Å²) in [5.74, 6) is 0.874. The second-order valence-electron chi connectivity index (χ2n) is 5.37. The molecule has 3 heteroatoms. The molecular formula is C16H24N2O. The SMILES string of the molecule is CCC(CC)(C(N)c1cc2ccccc2o1)N(C)C. The van der Waals surface area contributed by atoms with Crippen LogP contribution in [0, 0.1) is 0 Å². The Morgan fingerprint density at radius 1 is 1.21 bits per heavy atom. The van der Waals surface area contributed by atoms with Crippen molar-refractivity contribution in [3.05, 3.63) is 36.1 Å². The Labute approximate surface area is 115 Å². The Morgan fingerprint density at radius 3 is 2.37 bits per heavy atom. The molecule has 1 atom stereocenters. The van der Waals surface area contributed by atoms with Crippen LogP contribution in [0.4, 0.5) is 0 Å². The van der Waals surface area contributed by atoms with Gasteiger partial charge in [0, 0.05) is 10.9 Å². The zero-order chi connectivity index (χ0) is 14.0. The summed E-state index contributed by atoms with van der Waals surface area (Å²) in [4.78, 5) is 2.23. The van der Waals surface area contributed by atoms with Gasteiger partial charge in [-0.05, 0) is 39.1 Å². The van der Waals surface area contributed by atoms with Gasteiger partial charge >= 0.3 is 0 Å². The monoisotopic (exact) mass is 260 g/mol. The van der Waals surface area contributed by atoms with Gasteiger partial charge in [0.15, 0.2) is 0 Å². The molecule has 1 aromatic heterocycles. The molecule has 104 valence electrons. The van der Waals surface area contributed by atoms with Crippen molar-refractivity contribution in [2.45, 2.75) is 38.3 Å². The predicted octanol–water partition coefficient (Wildman–Crippen LogP) is 3.55. The first-order valence-corrected chi connectivity index (χ1v) is 6.96. The van der Waals surface area contributed by atoms with E-state index in [0.717, 1.165) is 29.6 Å². The quantitative estimate of drug-likeness (QED) is 0.894. The lowest BCUT2D eigenvalue weighted by molar-refractivity contribution is 0.0969. The summed E-state index contributed by atoms with van der Waals surface area (Å²) < 4.78 is 5.94. The molecule has 0 aliphatic heterocycles. The average Bonchev–Trinajstić information content (AvgIpc) is 2.83. The number of likely N-dealkylation sites (N-methyl/N-ethyl adjacent to an activating group) is 1. The van der Waals surface area contributed by atoms with Crippen LogP contribution in [0.5, 0.6) is 0 Å². The van der Waals surface area contributed by atoms with Crippen molar-refractivity contribution >= 4 is 11.0 Å². The van der Waals surface area contributed by atoms with Gasteiger partial charge in [-0.2, -0.15) is 0 Å². The summed E-state index contributed by atoms with van der Waals surface area (Å²) in [5, 5.41) is 1.12. The molecule has 0 bridgehead atoms. The normalized spacial score (nSPS) is 14.2. The number of furan rings is 1. The number of nitrogens with two attached hydrogens (primary N) is 1. The molecule has 0 fully saturated rings. The van der Waals surface area contributed by atoms with Crippen molar-refractivity contribution in [3.8, 4) is 0 Å². The highest BCUT2D eigenvalue weighted by molar-refractivity contribution is 5.77. The lowest BCUT2D eigenvalue weighted by Gasteiger charge is -2.42. The molecule has 1 unspecified atom stereocenters. The van der Waals surface area contributed by atoms with Gasteiger partial charge in [0.05, 0.1) is 6.04 Å². The van der Waals surface area contributed by atoms with Crippen LogP contribution in [0.3, 0.4) is 0 Å². The maximum Gasteiger partial charge on any atom is 0.134 e. The zero-order valence-corrected chi connectivity index (χ0v) is 12.3. The lowest BCUT2D eigenvalue weighted by atomic mass is 9.82. The molecule has 0 aliphatic rings. The third kappa shape index (κ3) is 2.28. The maximum atomic E-state index is 6.52. The Hall–Kier alpha value is -1.32. The van der Waals surface area contributed by atoms with E-state index in [1.54, 1.807) is 0 Å². The number of hydrogen-bond acceptors (Lipinski definition) is 3. The van der Waals surface area contributed by atoms with Crippen LogP contribution >= 0.6 is 0 Å². The first-order valence-electron chi connectivity index (χ1n) is 6.96. The Morgan fingerprint density at radius 2 is 1.84 bits per heavy atom. The highest BCUT2D eigenvalue weighted by atomic mass is 16.3. The van der Waals surface area contributed by atoms with E-state index >= 15 is 0 Å². The minimum Gasteiger partial charge on any atom is -0.459 e. The molecule has 0 spiro atoms. The minimum absolute atomic E-state index is 0.0616. The van der Waals surface area contributed by atoms with Crippen LogP contribution in [0.1, 0.15) is 38.5 Å². The summed E-state index contributed by atoms with van der Waals surface area (Å²) in [5.41, 5.74) is 7.37. The van der Waals surface area contributed by atoms with Crippen LogP contribution < -0.4 is 5.73 Å². The lowest BCUT2D eigenvalue weighted by Crippen LogP contribution is -2.51. The molecule has 2 aromatic rings. The summed E-state index contributed by atoms with van der Waals surface area (Å²) in [7, 11) is 4.19. The Balaban J connectivity index is 2.44. The van der Waals surface area contributed by atoms with Crippen LogP contribution in [0.2, 0.25) is 0 Å². The highest BCUT2D eigenvalue weighted by Crippen LogP contribution is 2.36.